The van der Waals surface area contributed by atoms with Gasteiger partial charge in [-0.1, -0.05) is 26.0 Å². The largest absolute Gasteiger partial charge is 0.467 e. The number of hydrogen-bond acceptors (Lipinski definition) is 4. The van der Waals surface area contributed by atoms with E-state index in [1.54, 1.807) is 30.0 Å². The average molecular weight is 297 g/mol. The fourth-order valence-electron chi connectivity index (χ4n) is 2.52. The van der Waals surface area contributed by atoms with Crippen LogP contribution in [0.25, 0.3) is 0 Å². The number of para-hydroxylation sites is 1. The molecule has 1 atom stereocenters. The molecule has 0 spiro atoms. The number of nitrogens with one attached hydrogen (secondary N) is 1. The Bertz CT molecular complexity index is 506. The van der Waals surface area contributed by atoms with Crippen LogP contribution in [-0.2, 0) is 9.53 Å². The van der Waals surface area contributed by atoms with Crippen molar-refractivity contribution in [1.82, 2.24) is 0 Å². The number of carbonyl (C=O) groups is 1. The first kappa shape index (κ1) is 15.2. The Morgan fingerprint density at radius 1 is 1.40 bits per heavy atom. The topological polar surface area (TPSA) is 38.3 Å². The normalized spacial score (nSPS) is 25.0. The summed E-state index contributed by atoms with van der Waals surface area (Å²) in [5, 5.41) is 3.13. The smallest absolute Gasteiger partial charge is 0.332 e. The molecule has 1 fully saturated rings. The molecule has 20 heavy (non-hydrogen) atoms. The van der Waals surface area contributed by atoms with E-state index >= 15 is 0 Å². The van der Waals surface area contributed by atoms with Gasteiger partial charge in [-0.3, -0.25) is 0 Å². The second-order valence-corrected chi connectivity index (χ2v) is 6.79. The first-order valence-corrected chi connectivity index (χ1v) is 7.77. The first-order valence-electron chi connectivity index (χ1n) is 6.62. The summed E-state index contributed by atoms with van der Waals surface area (Å²) in [5.74, 6) is 0.867. The van der Waals surface area contributed by atoms with Gasteiger partial charge in [0.05, 0.1) is 12.8 Å². The van der Waals surface area contributed by atoms with Crippen molar-refractivity contribution in [3.8, 4) is 0 Å². The quantitative estimate of drug-likeness (QED) is 0.869. The van der Waals surface area contributed by atoms with Crippen molar-refractivity contribution in [1.29, 1.82) is 0 Å². The van der Waals surface area contributed by atoms with Crippen molar-refractivity contribution in [3.63, 3.8) is 0 Å². The van der Waals surface area contributed by atoms with Crippen molar-refractivity contribution in [2.45, 2.75) is 25.8 Å². The number of methoxy groups -OCH3 is 1. The van der Waals surface area contributed by atoms with Crippen molar-refractivity contribution in [2.75, 3.05) is 23.9 Å². The zero-order valence-electron chi connectivity index (χ0n) is 12.0. The number of esters is 1. The lowest BCUT2D eigenvalue weighted by molar-refractivity contribution is -0.149. The monoisotopic (exact) mass is 297 g/mol. The van der Waals surface area contributed by atoms with E-state index in [9.17, 15) is 9.18 Å². The predicted molar refractivity (Wildman–Crippen MR) is 80.5 cm³/mol. The summed E-state index contributed by atoms with van der Waals surface area (Å²) in [6.45, 7) is 4.05. The Morgan fingerprint density at radius 3 is 2.70 bits per heavy atom. The molecule has 0 amide bonds. The van der Waals surface area contributed by atoms with Crippen molar-refractivity contribution in [2.24, 2.45) is 5.41 Å². The molecule has 1 N–H and O–H groups in total. The van der Waals surface area contributed by atoms with Crippen molar-refractivity contribution in [3.05, 3.63) is 30.1 Å². The van der Waals surface area contributed by atoms with Crippen LogP contribution in [0.2, 0.25) is 0 Å². The lowest BCUT2D eigenvalue weighted by Gasteiger charge is -2.48. The molecule has 1 aromatic carbocycles. The van der Waals surface area contributed by atoms with Gasteiger partial charge in [0, 0.05) is 11.2 Å². The molecule has 0 saturated carbocycles. The van der Waals surface area contributed by atoms with E-state index in [0.29, 0.717) is 11.4 Å². The minimum absolute atomic E-state index is 0.312. The third-order valence-electron chi connectivity index (χ3n) is 4.10. The van der Waals surface area contributed by atoms with Crippen LogP contribution in [0, 0.1) is 11.2 Å². The number of anilines is 1. The van der Waals surface area contributed by atoms with E-state index in [-0.39, 0.29) is 17.2 Å². The van der Waals surface area contributed by atoms with Crippen molar-refractivity contribution >= 4 is 23.4 Å². The van der Waals surface area contributed by atoms with Crippen LogP contribution in [0.3, 0.4) is 0 Å². The number of ether oxygens (including phenoxy) is 1. The fourth-order valence-corrected chi connectivity index (χ4v) is 4.21. The predicted octanol–water partition coefficient (Wildman–Crippen LogP) is 3.31. The molecule has 1 aliphatic rings. The van der Waals surface area contributed by atoms with Crippen LogP contribution in [0.1, 0.15) is 20.3 Å². The molecule has 110 valence electrons. The number of carbonyl (C=O) groups excluding carboxylic acids is 1. The zero-order valence-corrected chi connectivity index (χ0v) is 12.8. The van der Waals surface area contributed by atoms with Gasteiger partial charge in [0.25, 0.3) is 0 Å². The van der Waals surface area contributed by atoms with E-state index < -0.39 is 5.54 Å². The highest BCUT2D eigenvalue weighted by Crippen LogP contribution is 2.45. The van der Waals surface area contributed by atoms with Gasteiger partial charge >= 0.3 is 5.97 Å². The maximum atomic E-state index is 13.9. The van der Waals surface area contributed by atoms with Gasteiger partial charge in [-0.15, -0.1) is 0 Å². The minimum atomic E-state index is -0.910. The van der Waals surface area contributed by atoms with Gasteiger partial charge in [0.1, 0.15) is 11.4 Å². The summed E-state index contributed by atoms with van der Waals surface area (Å²) in [7, 11) is 1.38. The Hall–Kier alpha value is -1.23. The number of hydrogen-bond donors (Lipinski definition) is 1. The second kappa shape index (κ2) is 5.64. The Labute approximate surface area is 123 Å². The maximum Gasteiger partial charge on any atom is 0.332 e. The molecule has 1 aliphatic heterocycles. The first-order chi connectivity index (χ1) is 9.43. The van der Waals surface area contributed by atoms with Gasteiger partial charge < -0.3 is 10.1 Å². The number of thioether (sulfide) groups is 1. The summed E-state index contributed by atoms with van der Waals surface area (Å²) in [6.07, 6.45) is 0.869. The molecular weight excluding hydrogens is 277 g/mol. The third kappa shape index (κ3) is 2.51. The standard InChI is InChI=1S/C15H20FNO2S/c1-14(2)8-9-20-10-15(14,13(18)19-3)17-12-7-5-4-6-11(12)16/h4-7,17H,8-10H2,1-3H3. The van der Waals surface area contributed by atoms with Gasteiger partial charge in [0.15, 0.2) is 0 Å². The molecular formula is C15H20FNO2S. The minimum Gasteiger partial charge on any atom is -0.467 e. The highest BCUT2D eigenvalue weighted by atomic mass is 32.2. The van der Waals surface area contributed by atoms with Crippen LogP contribution in [0.5, 0.6) is 0 Å². The summed E-state index contributed by atoms with van der Waals surface area (Å²) in [5.41, 5.74) is -0.881. The number of rotatable bonds is 3. The average Bonchev–Trinajstić information content (AvgIpc) is 2.42. The zero-order chi connectivity index (χ0) is 14.8. The number of benzene rings is 1. The van der Waals surface area contributed by atoms with Gasteiger partial charge in [0.2, 0.25) is 0 Å². The highest BCUT2D eigenvalue weighted by molar-refractivity contribution is 7.99. The van der Waals surface area contributed by atoms with E-state index in [0.717, 1.165) is 12.2 Å². The SMILES string of the molecule is COC(=O)C1(Nc2ccccc2F)CSCCC1(C)C. The summed E-state index contributed by atoms with van der Waals surface area (Å²) >= 11 is 1.69. The van der Waals surface area contributed by atoms with E-state index in [4.69, 9.17) is 4.74 Å². The lowest BCUT2D eigenvalue weighted by atomic mass is 9.70. The molecule has 1 aromatic rings. The summed E-state index contributed by atoms with van der Waals surface area (Å²) in [6, 6.07) is 6.41. The van der Waals surface area contributed by atoms with Gasteiger partial charge in [-0.2, -0.15) is 11.8 Å². The van der Waals surface area contributed by atoms with Crippen LogP contribution >= 0.6 is 11.8 Å². The Morgan fingerprint density at radius 2 is 2.10 bits per heavy atom. The Balaban J connectivity index is 2.43. The molecule has 1 unspecified atom stereocenters. The molecule has 1 heterocycles. The van der Waals surface area contributed by atoms with Gasteiger partial charge in [-0.05, 0) is 24.3 Å². The Kier molecular flexibility index (Phi) is 4.28. The van der Waals surface area contributed by atoms with E-state index in [1.807, 2.05) is 13.8 Å². The van der Waals surface area contributed by atoms with E-state index in [1.165, 1.54) is 13.2 Å². The maximum absolute atomic E-state index is 13.9. The van der Waals surface area contributed by atoms with Crippen molar-refractivity contribution < 1.29 is 13.9 Å². The molecule has 1 saturated heterocycles. The second-order valence-electron chi connectivity index (χ2n) is 5.69. The van der Waals surface area contributed by atoms with Crippen LogP contribution in [-0.4, -0.2) is 30.1 Å². The van der Waals surface area contributed by atoms with Gasteiger partial charge in [-0.25, -0.2) is 9.18 Å². The molecule has 0 radical (unpaired) electrons. The molecule has 0 bridgehead atoms. The molecule has 3 nitrogen and oxygen atoms in total. The number of halogens is 1. The molecule has 2 rings (SSSR count). The highest BCUT2D eigenvalue weighted by Gasteiger charge is 2.54. The summed E-state index contributed by atoms with van der Waals surface area (Å²) in [4.78, 5) is 12.4. The van der Waals surface area contributed by atoms with Crippen LogP contribution in [0.15, 0.2) is 24.3 Å². The third-order valence-corrected chi connectivity index (χ3v) is 5.23. The molecule has 0 aliphatic carbocycles. The molecule has 0 aromatic heterocycles. The molecule has 5 heteroatoms. The van der Waals surface area contributed by atoms with Crippen LogP contribution < -0.4 is 5.32 Å². The van der Waals surface area contributed by atoms with E-state index in [2.05, 4.69) is 5.32 Å². The van der Waals surface area contributed by atoms with Crippen LogP contribution in [0.4, 0.5) is 10.1 Å². The fraction of sp³-hybridized carbons (Fsp3) is 0.533. The summed E-state index contributed by atoms with van der Waals surface area (Å²) < 4.78 is 18.9. The lowest BCUT2D eigenvalue weighted by Crippen LogP contribution is -2.61.